The van der Waals surface area contributed by atoms with Crippen LogP contribution in [0.4, 0.5) is 13.2 Å². The third kappa shape index (κ3) is 7.88. The van der Waals surface area contributed by atoms with E-state index in [4.69, 9.17) is 4.74 Å². The zero-order chi connectivity index (χ0) is 23.0. The second-order valence-corrected chi connectivity index (χ2v) is 7.02. The van der Waals surface area contributed by atoms with E-state index in [1.165, 1.54) is 24.1 Å². The van der Waals surface area contributed by atoms with Crippen LogP contribution in [0.2, 0.25) is 0 Å². The topological polar surface area (TPSA) is 66.0 Å². The van der Waals surface area contributed by atoms with Gasteiger partial charge in [0, 0.05) is 39.8 Å². The van der Waals surface area contributed by atoms with Crippen LogP contribution in [0.3, 0.4) is 0 Å². The molecule has 176 valence electrons. The molecule has 0 atom stereocenters. The number of halogens is 4. The number of ether oxygens (including phenoxy) is 1. The number of nitrogens with zero attached hydrogens (tertiary/aromatic N) is 2. The van der Waals surface area contributed by atoms with Gasteiger partial charge in [0.2, 0.25) is 0 Å². The Morgan fingerprint density at radius 1 is 1.12 bits per heavy atom. The molecular formula is C22H28F3IN4O2. The number of carbonyl (C=O) groups is 1. The Morgan fingerprint density at radius 3 is 2.44 bits per heavy atom. The maximum Gasteiger partial charge on any atom is 0.416 e. The smallest absolute Gasteiger partial charge is 0.416 e. The molecule has 0 spiro atoms. The zero-order valence-corrected chi connectivity index (χ0v) is 20.7. The Morgan fingerprint density at radius 2 is 1.84 bits per heavy atom. The molecule has 0 heterocycles. The second kappa shape index (κ2) is 12.5. The minimum Gasteiger partial charge on any atom is -0.497 e. The van der Waals surface area contributed by atoms with Gasteiger partial charge in [-0.1, -0.05) is 18.2 Å². The summed E-state index contributed by atoms with van der Waals surface area (Å²) in [4.78, 5) is 17.6. The van der Waals surface area contributed by atoms with Gasteiger partial charge in [0.05, 0.1) is 12.7 Å². The average Bonchev–Trinajstić information content (AvgIpc) is 2.74. The van der Waals surface area contributed by atoms with Crippen molar-refractivity contribution in [3.8, 4) is 5.75 Å². The van der Waals surface area contributed by atoms with Crippen LogP contribution in [0, 0.1) is 0 Å². The fraction of sp³-hybridized carbons (Fsp3) is 0.364. The Balaban J connectivity index is 0.00000512. The average molecular weight is 564 g/mol. The molecule has 0 saturated heterocycles. The van der Waals surface area contributed by atoms with Crippen molar-refractivity contribution in [1.29, 1.82) is 0 Å². The lowest BCUT2D eigenvalue weighted by molar-refractivity contribution is -0.138. The lowest BCUT2D eigenvalue weighted by Gasteiger charge is -2.17. The molecule has 32 heavy (non-hydrogen) atoms. The summed E-state index contributed by atoms with van der Waals surface area (Å²) in [5, 5.41) is 5.98. The third-order valence-electron chi connectivity index (χ3n) is 4.58. The highest BCUT2D eigenvalue weighted by Gasteiger charge is 2.33. The molecular weight excluding hydrogens is 536 g/mol. The van der Waals surface area contributed by atoms with E-state index >= 15 is 0 Å². The van der Waals surface area contributed by atoms with E-state index in [-0.39, 0.29) is 47.7 Å². The first-order valence-electron chi connectivity index (χ1n) is 9.65. The van der Waals surface area contributed by atoms with E-state index < -0.39 is 11.7 Å². The van der Waals surface area contributed by atoms with Gasteiger partial charge in [0.25, 0.3) is 5.91 Å². The van der Waals surface area contributed by atoms with E-state index in [0.717, 1.165) is 11.6 Å². The predicted octanol–water partition coefficient (Wildman–Crippen LogP) is 3.94. The summed E-state index contributed by atoms with van der Waals surface area (Å²) in [7, 11) is 6.26. The van der Waals surface area contributed by atoms with E-state index in [0.29, 0.717) is 24.5 Å². The number of methoxy groups -OCH3 is 1. The van der Waals surface area contributed by atoms with Crippen LogP contribution in [0.25, 0.3) is 0 Å². The zero-order valence-electron chi connectivity index (χ0n) is 18.4. The summed E-state index contributed by atoms with van der Waals surface area (Å²) >= 11 is 0. The van der Waals surface area contributed by atoms with Crippen LogP contribution in [0.1, 0.15) is 27.0 Å². The second-order valence-electron chi connectivity index (χ2n) is 7.02. The summed E-state index contributed by atoms with van der Waals surface area (Å²) in [6.45, 7) is 0.444. The van der Waals surface area contributed by atoms with Crippen molar-refractivity contribution in [2.75, 3.05) is 34.8 Å². The molecule has 6 nitrogen and oxygen atoms in total. The maximum absolute atomic E-state index is 13.3. The van der Waals surface area contributed by atoms with Gasteiger partial charge in [-0.05, 0) is 41.8 Å². The van der Waals surface area contributed by atoms with Crippen LogP contribution in [0.15, 0.2) is 47.5 Å². The minimum absolute atomic E-state index is 0. The number of aliphatic imine (C=N–C) groups is 1. The molecule has 2 aromatic carbocycles. The minimum atomic E-state index is -4.49. The van der Waals surface area contributed by atoms with Gasteiger partial charge in [-0.3, -0.25) is 9.79 Å². The normalized spacial score (nSPS) is 11.4. The third-order valence-corrected chi connectivity index (χ3v) is 4.58. The Labute approximate surface area is 203 Å². The van der Waals surface area contributed by atoms with Crippen LogP contribution >= 0.6 is 24.0 Å². The van der Waals surface area contributed by atoms with Crippen molar-refractivity contribution in [1.82, 2.24) is 15.5 Å². The summed E-state index contributed by atoms with van der Waals surface area (Å²) in [5.41, 5.74) is 0.901. The van der Waals surface area contributed by atoms with Gasteiger partial charge >= 0.3 is 6.18 Å². The number of carbonyl (C=O) groups excluding carboxylic acids is 1. The fourth-order valence-corrected chi connectivity index (χ4v) is 2.94. The number of alkyl halides is 3. The van der Waals surface area contributed by atoms with Crippen molar-refractivity contribution in [2.24, 2.45) is 4.99 Å². The largest absolute Gasteiger partial charge is 0.497 e. The first kappa shape index (κ1) is 27.5. The number of guanidine groups is 1. The SMILES string of the molecule is CN=C(NCCc1cccc(C(=O)N(C)C)c1)NCc1ccc(OC)cc1C(F)(F)F.I. The molecule has 2 aromatic rings. The first-order valence-corrected chi connectivity index (χ1v) is 9.65. The Bertz CT molecular complexity index is 934. The number of hydrogen-bond donors (Lipinski definition) is 2. The van der Waals surface area contributed by atoms with Crippen LogP contribution in [0.5, 0.6) is 5.75 Å². The van der Waals surface area contributed by atoms with Gasteiger partial charge in [-0.15, -0.1) is 24.0 Å². The van der Waals surface area contributed by atoms with Crippen LogP contribution < -0.4 is 15.4 Å². The van der Waals surface area contributed by atoms with Gasteiger partial charge in [-0.25, -0.2) is 0 Å². The molecule has 10 heteroatoms. The lowest BCUT2D eigenvalue weighted by atomic mass is 10.1. The van der Waals surface area contributed by atoms with Crippen molar-refractivity contribution in [2.45, 2.75) is 19.1 Å². The monoisotopic (exact) mass is 564 g/mol. The summed E-state index contributed by atoms with van der Waals surface area (Å²) in [6.07, 6.45) is -3.87. The number of hydrogen-bond acceptors (Lipinski definition) is 3. The summed E-state index contributed by atoms with van der Waals surface area (Å²) in [6, 6.07) is 11.2. The molecule has 0 aliphatic heterocycles. The summed E-state index contributed by atoms with van der Waals surface area (Å²) < 4.78 is 44.9. The maximum atomic E-state index is 13.3. The van der Waals surface area contributed by atoms with Gasteiger partial charge in [0.1, 0.15) is 5.75 Å². The Kier molecular flexibility index (Phi) is 10.8. The van der Waals surface area contributed by atoms with E-state index in [9.17, 15) is 18.0 Å². The van der Waals surface area contributed by atoms with E-state index in [1.54, 1.807) is 27.2 Å². The van der Waals surface area contributed by atoms with E-state index in [2.05, 4.69) is 15.6 Å². The van der Waals surface area contributed by atoms with Crippen molar-refractivity contribution < 1.29 is 22.7 Å². The van der Waals surface area contributed by atoms with E-state index in [1.807, 2.05) is 18.2 Å². The highest BCUT2D eigenvalue weighted by atomic mass is 127. The van der Waals surface area contributed by atoms with Crippen molar-refractivity contribution in [3.05, 3.63) is 64.7 Å². The molecule has 2 N–H and O–H groups in total. The van der Waals surface area contributed by atoms with Gasteiger partial charge in [0.15, 0.2) is 5.96 Å². The molecule has 0 saturated carbocycles. The number of benzene rings is 2. The fourth-order valence-electron chi connectivity index (χ4n) is 2.94. The standard InChI is InChI=1S/C22H27F3N4O2.HI/c1-26-21(27-11-10-15-6-5-7-16(12-15)20(30)29(2)3)28-14-17-8-9-18(31-4)13-19(17)22(23,24)25;/h5-9,12-13H,10-11,14H2,1-4H3,(H2,26,27,28);1H. The molecule has 2 rings (SSSR count). The molecule has 0 unspecified atom stereocenters. The molecule has 0 fully saturated rings. The van der Waals surface area contributed by atoms with Crippen LogP contribution in [-0.4, -0.2) is 51.6 Å². The number of amides is 1. The molecule has 1 amide bonds. The highest BCUT2D eigenvalue weighted by molar-refractivity contribution is 14.0. The molecule has 0 radical (unpaired) electrons. The number of nitrogens with one attached hydrogen (secondary N) is 2. The molecule has 0 aliphatic carbocycles. The number of rotatable bonds is 7. The van der Waals surface area contributed by atoms with Crippen LogP contribution in [-0.2, 0) is 19.1 Å². The van der Waals surface area contributed by atoms with Crippen molar-refractivity contribution >= 4 is 35.8 Å². The first-order chi connectivity index (χ1) is 14.7. The molecule has 0 aromatic heterocycles. The molecule has 0 bridgehead atoms. The lowest BCUT2D eigenvalue weighted by Crippen LogP contribution is -2.38. The quantitative estimate of drug-likeness (QED) is 0.304. The van der Waals surface area contributed by atoms with Gasteiger partial charge in [-0.2, -0.15) is 13.2 Å². The molecule has 0 aliphatic rings. The highest BCUT2D eigenvalue weighted by Crippen LogP contribution is 2.34. The predicted molar refractivity (Wildman–Crippen MR) is 130 cm³/mol. The summed E-state index contributed by atoms with van der Waals surface area (Å²) in [5.74, 6) is 0.449. The van der Waals surface area contributed by atoms with Crippen molar-refractivity contribution in [3.63, 3.8) is 0 Å². The van der Waals surface area contributed by atoms with Gasteiger partial charge < -0.3 is 20.3 Å². The Hall–Kier alpha value is -2.50.